The van der Waals surface area contributed by atoms with Crippen LogP contribution in [-0.2, 0) is 16.1 Å². The molecule has 1 heterocycles. The molecule has 1 aliphatic heterocycles. The van der Waals surface area contributed by atoms with E-state index in [9.17, 15) is 22.8 Å². The summed E-state index contributed by atoms with van der Waals surface area (Å²) < 4.78 is 40.2. The highest BCUT2D eigenvalue weighted by molar-refractivity contribution is 6.01. The maximum atomic E-state index is 12.5. The van der Waals surface area contributed by atoms with Crippen LogP contribution in [0.3, 0.4) is 0 Å². The number of halogens is 3. The molecule has 0 fully saturated rings. The molecule has 0 saturated heterocycles. The van der Waals surface area contributed by atoms with E-state index in [1.165, 1.54) is 24.3 Å². The fourth-order valence-corrected chi connectivity index (χ4v) is 2.77. The minimum atomic E-state index is -4.75. The van der Waals surface area contributed by atoms with E-state index in [1.54, 1.807) is 24.3 Å². The van der Waals surface area contributed by atoms with Crippen LogP contribution in [-0.4, -0.2) is 18.2 Å². The molecule has 0 radical (unpaired) electrons. The summed E-state index contributed by atoms with van der Waals surface area (Å²) in [5.41, 5.74) is 1.96. The number of rotatable bonds is 4. The van der Waals surface area contributed by atoms with E-state index in [-0.39, 0.29) is 30.5 Å². The Morgan fingerprint density at radius 1 is 1.15 bits per heavy atom. The Bertz CT molecular complexity index is 819. The maximum Gasteiger partial charge on any atom is 0.573 e. The Hall–Kier alpha value is -3.03. The zero-order valence-corrected chi connectivity index (χ0v) is 13.5. The number of para-hydroxylation sites is 1. The third kappa shape index (κ3) is 4.33. The van der Waals surface area contributed by atoms with Crippen molar-refractivity contribution >= 4 is 17.5 Å². The van der Waals surface area contributed by atoms with Gasteiger partial charge in [0.1, 0.15) is 5.75 Å². The summed E-state index contributed by atoms with van der Waals surface area (Å²) in [4.78, 5) is 24.2. The number of hydrogen-bond donors (Lipinski definition) is 2. The lowest BCUT2D eigenvalue weighted by Crippen LogP contribution is -2.34. The summed E-state index contributed by atoms with van der Waals surface area (Å²) in [6.07, 6.45) is -4.70. The summed E-state index contributed by atoms with van der Waals surface area (Å²) in [7, 11) is 0. The molecule has 5 nitrogen and oxygen atoms in total. The molecule has 0 aromatic heterocycles. The van der Waals surface area contributed by atoms with E-state index >= 15 is 0 Å². The van der Waals surface area contributed by atoms with Crippen molar-refractivity contribution < 1.29 is 27.5 Å². The van der Waals surface area contributed by atoms with Gasteiger partial charge >= 0.3 is 6.36 Å². The molecule has 2 N–H and O–H groups in total. The lowest BCUT2D eigenvalue weighted by atomic mass is 9.90. The van der Waals surface area contributed by atoms with Crippen LogP contribution in [0.2, 0.25) is 0 Å². The SMILES string of the molecule is O=C1C[C@@H](C(=O)NCc2ccc(OC(F)(F)F)cc2)c2ccccc2N1. The van der Waals surface area contributed by atoms with E-state index < -0.39 is 12.3 Å². The number of benzene rings is 2. The van der Waals surface area contributed by atoms with Crippen LogP contribution in [0, 0.1) is 0 Å². The van der Waals surface area contributed by atoms with Gasteiger partial charge in [-0.1, -0.05) is 30.3 Å². The standard InChI is InChI=1S/C18H15F3N2O3/c19-18(20,21)26-12-7-5-11(6-8-12)10-22-17(25)14-9-16(24)23-15-4-2-1-3-13(14)15/h1-8,14H,9-10H2,(H,22,25)(H,23,24)/t14-/m1/s1. The zero-order valence-electron chi connectivity index (χ0n) is 13.5. The molecule has 1 aliphatic rings. The molecular formula is C18H15F3N2O3. The Kier molecular flexibility index (Phi) is 4.83. The van der Waals surface area contributed by atoms with Crippen LogP contribution in [0.4, 0.5) is 18.9 Å². The van der Waals surface area contributed by atoms with Crippen LogP contribution >= 0.6 is 0 Å². The molecule has 0 aliphatic carbocycles. The number of ether oxygens (including phenoxy) is 1. The monoisotopic (exact) mass is 364 g/mol. The fraction of sp³-hybridized carbons (Fsp3) is 0.222. The number of hydrogen-bond acceptors (Lipinski definition) is 3. The van der Waals surface area contributed by atoms with Crippen molar-refractivity contribution in [1.29, 1.82) is 0 Å². The molecule has 2 aromatic rings. The molecule has 136 valence electrons. The van der Waals surface area contributed by atoms with Gasteiger partial charge < -0.3 is 15.4 Å². The molecule has 2 amide bonds. The minimum absolute atomic E-state index is 0.0429. The normalized spacial score (nSPS) is 16.4. The molecule has 2 aromatic carbocycles. The van der Waals surface area contributed by atoms with Crippen molar-refractivity contribution in [1.82, 2.24) is 5.32 Å². The highest BCUT2D eigenvalue weighted by Gasteiger charge is 2.31. The molecule has 0 unspecified atom stereocenters. The predicted octanol–water partition coefficient (Wildman–Crippen LogP) is 3.33. The number of nitrogens with one attached hydrogen (secondary N) is 2. The van der Waals surface area contributed by atoms with Crippen LogP contribution < -0.4 is 15.4 Å². The van der Waals surface area contributed by atoms with Gasteiger partial charge in [0.15, 0.2) is 0 Å². The molecule has 0 saturated carbocycles. The van der Waals surface area contributed by atoms with E-state index in [0.717, 1.165) is 5.56 Å². The van der Waals surface area contributed by atoms with Gasteiger partial charge in [0, 0.05) is 18.7 Å². The fourth-order valence-electron chi connectivity index (χ4n) is 2.77. The second-order valence-corrected chi connectivity index (χ2v) is 5.80. The highest BCUT2D eigenvalue weighted by Crippen LogP contribution is 2.32. The third-order valence-corrected chi connectivity index (χ3v) is 3.94. The van der Waals surface area contributed by atoms with Gasteiger partial charge in [-0.05, 0) is 29.3 Å². The molecular weight excluding hydrogens is 349 g/mol. The van der Waals surface area contributed by atoms with Crippen molar-refractivity contribution in [3.8, 4) is 5.75 Å². The van der Waals surface area contributed by atoms with Gasteiger partial charge in [0.2, 0.25) is 11.8 Å². The summed E-state index contributed by atoms with van der Waals surface area (Å²) in [5.74, 6) is -1.49. The van der Waals surface area contributed by atoms with Crippen LogP contribution in [0.1, 0.15) is 23.5 Å². The lowest BCUT2D eigenvalue weighted by molar-refractivity contribution is -0.274. The summed E-state index contributed by atoms with van der Waals surface area (Å²) in [6.45, 7) is 0.130. The zero-order chi connectivity index (χ0) is 18.7. The largest absolute Gasteiger partial charge is 0.573 e. The Balaban J connectivity index is 1.63. The molecule has 0 spiro atoms. The average Bonchev–Trinajstić information content (AvgIpc) is 2.58. The quantitative estimate of drug-likeness (QED) is 0.875. The topological polar surface area (TPSA) is 67.4 Å². The molecule has 26 heavy (non-hydrogen) atoms. The van der Waals surface area contributed by atoms with Gasteiger partial charge in [-0.15, -0.1) is 13.2 Å². The number of fused-ring (bicyclic) bond motifs is 1. The summed E-state index contributed by atoms with van der Waals surface area (Å²) >= 11 is 0. The van der Waals surface area contributed by atoms with Crippen molar-refractivity contribution in [2.75, 3.05) is 5.32 Å². The van der Waals surface area contributed by atoms with E-state index in [1.807, 2.05) is 0 Å². The van der Waals surface area contributed by atoms with Gasteiger partial charge in [-0.3, -0.25) is 9.59 Å². The van der Waals surface area contributed by atoms with Crippen LogP contribution in [0.5, 0.6) is 5.75 Å². The summed E-state index contributed by atoms with van der Waals surface area (Å²) in [5, 5.41) is 5.43. The number of carbonyl (C=O) groups excluding carboxylic acids is 2. The smallest absolute Gasteiger partial charge is 0.406 e. The first kappa shape index (κ1) is 17.8. The van der Waals surface area contributed by atoms with Crippen molar-refractivity contribution in [2.45, 2.75) is 25.2 Å². The number of amides is 2. The Labute approximate surface area is 147 Å². The van der Waals surface area contributed by atoms with Crippen molar-refractivity contribution in [2.24, 2.45) is 0 Å². The van der Waals surface area contributed by atoms with Crippen molar-refractivity contribution in [3.05, 3.63) is 59.7 Å². The highest BCUT2D eigenvalue weighted by atomic mass is 19.4. The van der Waals surface area contributed by atoms with Crippen LogP contribution in [0.15, 0.2) is 48.5 Å². The average molecular weight is 364 g/mol. The first-order valence-electron chi connectivity index (χ1n) is 7.83. The van der Waals surface area contributed by atoms with Gasteiger partial charge in [-0.25, -0.2) is 0 Å². The molecule has 8 heteroatoms. The maximum absolute atomic E-state index is 12.5. The van der Waals surface area contributed by atoms with E-state index in [0.29, 0.717) is 11.3 Å². The first-order valence-corrected chi connectivity index (χ1v) is 7.83. The number of carbonyl (C=O) groups is 2. The molecule has 1 atom stereocenters. The van der Waals surface area contributed by atoms with Gasteiger partial charge in [0.25, 0.3) is 0 Å². The number of anilines is 1. The third-order valence-electron chi connectivity index (χ3n) is 3.94. The Morgan fingerprint density at radius 2 is 1.85 bits per heavy atom. The Morgan fingerprint density at radius 3 is 2.54 bits per heavy atom. The first-order chi connectivity index (χ1) is 12.3. The predicted molar refractivity (Wildman–Crippen MR) is 87.4 cm³/mol. The van der Waals surface area contributed by atoms with Crippen molar-refractivity contribution in [3.63, 3.8) is 0 Å². The van der Waals surface area contributed by atoms with Gasteiger partial charge in [0.05, 0.1) is 5.92 Å². The van der Waals surface area contributed by atoms with E-state index in [4.69, 9.17) is 0 Å². The van der Waals surface area contributed by atoms with E-state index in [2.05, 4.69) is 15.4 Å². The second-order valence-electron chi connectivity index (χ2n) is 5.80. The van der Waals surface area contributed by atoms with Crippen LogP contribution in [0.25, 0.3) is 0 Å². The number of alkyl halides is 3. The van der Waals surface area contributed by atoms with Gasteiger partial charge in [-0.2, -0.15) is 0 Å². The second kappa shape index (κ2) is 7.07. The summed E-state index contributed by atoms with van der Waals surface area (Å²) in [6, 6.07) is 12.3. The lowest BCUT2D eigenvalue weighted by Gasteiger charge is -2.24. The molecule has 3 rings (SSSR count). The molecule has 0 bridgehead atoms. The minimum Gasteiger partial charge on any atom is -0.406 e.